The first-order chi connectivity index (χ1) is 5.80. The number of nitrogens with zero attached hydrogens (tertiary/aromatic N) is 1. The van der Waals surface area contributed by atoms with Crippen molar-refractivity contribution in [2.45, 2.75) is 32.7 Å². The molecule has 1 heterocycles. The summed E-state index contributed by atoms with van der Waals surface area (Å²) in [4.78, 5) is 2.53. The second kappa shape index (κ2) is 10.9. The van der Waals surface area contributed by atoms with Crippen LogP contribution in [0.25, 0.3) is 0 Å². The SMILES string of the molecule is CC(C)N1CCCC1.CO.CO. The molecule has 0 spiro atoms. The van der Waals surface area contributed by atoms with Crippen molar-refractivity contribution in [3.05, 3.63) is 0 Å². The van der Waals surface area contributed by atoms with Crippen LogP contribution in [0.4, 0.5) is 0 Å². The molecule has 0 aromatic rings. The van der Waals surface area contributed by atoms with E-state index in [1.54, 1.807) is 0 Å². The fourth-order valence-corrected chi connectivity index (χ4v) is 1.26. The zero-order valence-corrected chi connectivity index (χ0v) is 8.75. The van der Waals surface area contributed by atoms with Gasteiger partial charge in [0, 0.05) is 20.3 Å². The first kappa shape index (κ1) is 14.4. The van der Waals surface area contributed by atoms with Gasteiger partial charge in [-0.15, -0.1) is 0 Å². The van der Waals surface area contributed by atoms with Gasteiger partial charge in [0.05, 0.1) is 0 Å². The van der Waals surface area contributed by atoms with Gasteiger partial charge in [-0.2, -0.15) is 0 Å². The maximum Gasteiger partial charge on any atom is 0.0319 e. The van der Waals surface area contributed by atoms with E-state index in [0.717, 1.165) is 20.3 Å². The van der Waals surface area contributed by atoms with Crippen LogP contribution in [0, 0.1) is 0 Å². The van der Waals surface area contributed by atoms with Crippen LogP contribution in [0.15, 0.2) is 0 Å². The topological polar surface area (TPSA) is 43.7 Å². The molecule has 0 aliphatic carbocycles. The Bertz CT molecular complexity index is 70.9. The summed E-state index contributed by atoms with van der Waals surface area (Å²) in [6.45, 7) is 7.20. The van der Waals surface area contributed by atoms with Gasteiger partial charge in [-0.25, -0.2) is 0 Å². The van der Waals surface area contributed by atoms with E-state index in [1.807, 2.05) is 0 Å². The van der Waals surface area contributed by atoms with E-state index in [1.165, 1.54) is 25.9 Å². The molecule has 0 bridgehead atoms. The standard InChI is InChI=1S/C7H15N.2CH4O/c1-7(2)8-5-3-4-6-8;2*1-2/h7H,3-6H2,1-2H3;2*2H,1H3. The molecule has 0 saturated carbocycles. The molecule has 1 fully saturated rings. The van der Waals surface area contributed by atoms with Crippen LogP contribution in [-0.2, 0) is 0 Å². The van der Waals surface area contributed by atoms with Crippen LogP contribution in [0.5, 0.6) is 0 Å². The van der Waals surface area contributed by atoms with E-state index in [9.17, 15) is 0 Å². The Balaban J connectivity index is 0. The van der Waals surface area contributed by atoms with Crippen molar-refractivity contribution in [1.29, 1.82) is 0 Å². The quantitative estimate of drug-likeness (QED) is 0.620. The zero-order chi connectivity index (χ0) is 9.98. The molecule has 1 aliphatic heterocycles. The molecule has 76 valence electrons. The normalized spacial score (nSPS) is 16.2. The largest absolute Gasteiger partial charge is 0.400 e. The summed E-state index contributed by atoms with van der Waals surface area (Å²) in [5, 5.41) is 14.0. The lowest BCUT2D eigenvalue weighted by atomic mass is 10.3. The average molecular weight is 177 g/mol. The summed E-state index contributed by atoms with van der Waals surface area (Å²) in [6, 6.07) is 0.775. The van der Waals surface area contributed by atoms with Crippen LogP contribution in [0.1, 0.15) is 26.7 Å². The summed E-state index contributed by atoms with van der Waals surface area (Å²) >= 11 is 0. The number of aliphatic hydroxyl groups excluding tert-OH is 2. The highest BCUT2D eigenvalue weighted by Gasteiger charge is 2.13. The van der Waals surface area contributed by atoms with Gasteiger partial charge in [-0.05, 0) is 39.8 Å². The van der Waals surface area contributed by atoms with Gasteiger partial charge in [-0.1, -0.05) is 0 Å². The Morgan fingerprint density at radius 1 is 0.917 bits per heavy atom. The van der Waals surface area contributed by atoms with Crippen molar-refractivity contribution in [3.63, 3.8) is 0 Å². The van der Waals surface area contributed by atoms with Gasteiger partial charge in [0.15, 0.2) is 0 Å². The number of hydrogen-bond acceptors (Lipinski definition) is 3. The first-order valence-corrected chi connectivity index (χ1v) is 4.44. The van der Waals surface area contributed by atoms with Crippen LogP contribution < -0.4 is 0 Å². The van der Waals surface area contributed by atoms with Crippen LogP contribution in [-0.4, -0.2) is 48.5 Å². The Morgan fingerprint density at radius 3 is 1.42 bits per heavy atom. The molecule has 0 aromatic heterocycles. The lowest BCUT2D eigenvalue weighted by molar-refractivity contribution is 0.276. The number of hydrogen-bond donors (Lipinski definition) is 2. The van der Waals surface area contributed by atoms with Gasteiger partial charge in [0.1, 0.15) is 0 Å². The van der Waals surface area contributed by atoms with Crippen molar-refractivity contribution in [1.82, 2.24) is 4.90 Å². The van der Waals surface area contributed by atoms with Crippen molar-refractivity contribution < 1.29 is 10.2 Å². The highest BCUT2D eigenvalue weighted by molar-refractivity contribution is 4.68. The van der Waals surface area contributed by atoms with E-state index in [4.69, 9.17) is 10.2 Å². The van der Waals surface area contributed by atoms with Crippen molar-refractivity contribution >= 4 is 0 Å². The van der Waals surface area contributed by atoms with E-state index < -0.39 is 0 Å². The summed E-state index contributed by atoms with van der Waals surface area (Å²) in [5.74, 6) is 0. The van der Waals surface area contributed by atoms with Gasteiger partial charge < -0.3 is 15.1 Å². The van der Waals surface area contributed by atoms with E-state index >= 15 is 0 Å². The molecule has 0 atom stereocenters. The number of rotatable bonds is 1. The molecular weight excluding hydrogens is 154 g/mol. The molecule has 3 nitrogen and oxygen atoms in total. The Labute approximate surface area is 76.0 Å². The lowest BCUT2D eigenvalue weighted by Crippen LogP contribution is -2.26. The molecule has 1 saturated heterocycles. The Morgan fingerprint density at radius 2 is 1.25 bits per heavy atom. The maximum absolute atomic E-state index is 7.00. The number of aliphatic hydroxyl groups is 2. The second-order valence-corrected chi connectivity index (χ2v) is 2.84. The highest BCUT2D eigenvalue weighted by atomic mass is 16.2. The minimum Gasteiger partial charge on any atom is -0.400 e. The fraction of sp³-hybridized carbons (Fsp3) is 1.00. The molecule has 1 rings (SSSR count). The zero-order valence-electron chi connectivity index (χ0n) is 8.75. The van der Waals surface area contributed by atoms with Crippen molar-refractivity contribution in [2.24, 2.45) is 0 Å². The third-order valence-electron chi connectivity index (χ3n) is 1.87. The smallest absolute Gasteiger partial charge is 0.0319 e. The molecular formula is C9H23NO2. The molecule has 12 heavy (non-hydrogen) atoms. The highest BCUT2D eigenvalue weighted by Crippen LogP contribution is 2.09. The van der Waals surface area contributed by atoms with E-state index in [2.05, 4.69) is 18.7 Å². The summed E-state index contributed by atoms with van der Waals surface area (Å²) < 4.78 is 0. The predicted molar refractivity (Wildman–Crippen MR) is 52.2 cm³/mol. The monoisotopic (exact) mass is 177 g/mol. The molecule has 0 unspecified atom stereocenters. The first-order valence-electron chi connectivity index (χ1n) is 4.44. The van der Waals surface area contributed by atoms with Crippen molar-refractivity contribution in [2.75, 3.05) is 27.3 Å². The second-order valence-electron chi connectivity index (χ2n) is 2.84. The predicted octanol–water partition coefficient (Wildman–Crippen LogP) is 0.708. The van der Waals surface area contributed by atoms with Crippen LogP contribution >= 0.6 is 0 Å². The summed E-state index contributed by atoms with van der Waals surface area (Å²) in [5.41, 5.74) is 0. The third kappa shape index (κ3) is 6.58. The van der Waals surface area contributed by atoms with Crippen molar-refractivity contribution in [3.8, 4) is 0 Å². The average Bonchev–Trinajstić information content (AvgIpc) is 2.64. The molecule has 0 radical (unpaired) electrons. The fourth-order valence-electron chi connectivity index (χ4n) is 1.26. The van der Waals surface area contributed by atoms with E-state index in [0.29, 0.717) is 0 Å². The van der Waals surface area contributed by atoms with Gasteiger partial charge in [0.2, 0.25) is 0 Å². The van der Waals surface area contributed by atoms with E-state index in [-0.39, 0.29) is 0 Å². The summed E-state index contributed by atoms with van der Waals surface area (Å²) in [6.07, 6.45) is 2.83. The molecule has 2 N–H and O–H groups in total. The maximum atomic E-state index is 7.00. The molecule has 1 aliphatic rings. The minimum absolute atomic E-state index is 0.775. The lowest BCUT2D eigenvalue weighted by Gasteiger charge is -2.18. The van der Waals surface area contributed by atoms with Gasteiger partial charge in [-0.3, -0.25) is 0 Å². The van der Waals surface area contributed by atoms with Crippen LogP contribution in [0.2, 0.25) is 0 Å². The summed E-state index contributed by atoms with van der Waals surface area (Å²) in [7, 11) is 2.00. The third-order valence-corrected chi connectivity index (χ3v) is 1.87. The molecule has 0 amide bonds. The molecule has 3 heteroatoms. The van der Waals surface area contributed by atoms with Gasteiger partial charge in [0.25, 0.3) is 0 Å². The minimum atomic E-state index is 0.775. The Kier molecular flexibility index (Phi) is 13.1. The van der Waals surface area contributed by atoms with Gasteiger partial charge >= 0.3 is 0 Å². The molecule has 0 aromatic carbocycles. The Hall–Kier alpha value is -0.120. The van der Waals surface area contributed by atoms with Crippen LogP contribution in [0.3, 0.4) is 0 Å². The number of likely N-dealkylation sites (tertiary alicyclic amines) is 1.